The number of nitrogens with one attached hydrogen (secondary N) is 1. The van der Waals surface area contributed by atoms with Gasteiger partial charge in [-0.3, -0.25) is 4.21 Å². The second-order valence-corrected chi connectivity index (χ2v) is 4.35. The SMILES string of the molecule is CCCCC1CN(S(=O)[O-])CCN1. The Labute approximate surface area is 82.1 Å². The van der Waals surface area contributed by atoms with Crippen LogP contribution in [0.4, 0.5) is 0 Å². The lowest BCUT2D eigenvalue weighted by Crippen LogP contribution is -2.50. The third-order valence-electron chi connectivity index (χ3n) is 2.34. The van der Waals surface area contributed by atoms with Gasteiger partial charge < -0.3 is 9.87 Å². The monoisotopic (exact) mass is 205 g/mol. The minimum atomic E-state index is -2.03. The average molecular weight is 205 g/mol. The standard InChI is InChI=1S/C8H18N2O2S/c1-2-3-4-8-7-10(13(11)12)6-5-9-8/h8-9H,2-7H2,1H3,(H,11,12)/p-1. The zero-order valence-corrected chi connectivity index (χ0v) is 8.81. The fourth-order valence-electron chi connectivity index (χ4n) is 1.57. The van der Waals surface area contributed by atoms with E-state index in [1.54, 1.807) is 0 Å². The highest BCUT2D eigenvalue weighted by Gasteiger charge is 2.18. The maximum Gasteiger partial charge on any atom is 0.0257 e. The number of piperazine rings is 1. The summed E-state index contributed by atoms with van der Waals surface area (Å²) in [7, 11) is 0. The van der Waals surface area contributed by atoms with E-state index in [0.717, 1.165) is 19.4 Å². The molecule has 0 bridgehead atoms. The summed E-state index contributed by atoms with van der Waals surface area (Å²) in [6.07, 6.45) is 3.40. The van der Waals surface area contributed by atoms with Crippen LogP contribution in [-0.2, 0) is 11.3 Å². The Morgan fingerprint density at radius 2 is 2.46 bits per heavy atom. The molecule has 1 heterocycles. The van der Waals surface area contributed by atoms with Crippen LogP contribution >= 0.6 is 0 Å². The predicted molar refractivity (Wildman–Crippen MR) is 51.8 cm³/mol. The molecule has 1 aliphatic heterocycles. The Morgan fingerprint density at radius 1 is 1.69 bits per heavy atom. The van der Waals surface area contributed by atoms with Gasteiger partial charge in [0.2, 0.25) is 0 Å². The van der Waals surface area contributed by atoms with Crippen LogP contribution in [0.15, 0.2) is 0 Å². The van der Waals surface area contributed by atoms with Crippen molar-refractivity contribution < 1.29 is 8.76 Å². The first-order valence-electron chi connectivity index (χ1n) is 4.81. The van der Waals surface area contributed by atoms with Gasteiger partial charge in [-0.2, -0.15) is 0 Å². The van der Waals surface area contributed by atoms with Crippen LogP contribution in [0.25, 0.3) is 0 Å². The molecule has 2 atom stereocenters. The molecule has 4 nitrogen and oxygen atoms in total. The van der Waals surface area contributed by atoms with Gasteiger partial charge in [-0.05, 0) is 6.42 Å². The smallest absolute Gasteiger partial charge is 0.0257 e. The number of nitrogens with zero attached hydrogens (tertiary/aromatic N) is 1. The first-order chi connectivity index (χ1) is 6.24. The van der Waals surface area contributed by atoms with Crippen LogP contribution in [0.3, 0.4) is 0 Å². The first kappa shape index (κ1) is 11.1. The molecule has 13 heavy (non-hydrogen) atoms. The summed E-state index contributed by atoms with van der Waals surface area (Å²) in [6.45, 7) is 4.17. The Kier molecular flexibility index (Phi) is 4.87. The molecule has 78 valence electrons. The quantitative estimate of drug-likeness (QED) is 0.669. The van der Waals surface area contributed by atoms with Crippen molar-refractivity contribution in [1.29, 1.82) is 0 Å². The molecule has 0 aromatic rings. The highest BCUT2D eigenvalue weighted by atomic mass is 32.2. The van der Waals surface area contributed by atoms with E-state index in [9.17, 15) is 8.76 Å². The Bertz CT molecular complexity index is 178. The summed E-state index contributed by atoms with van der Waals surface area (Å²) < 4.78 is 22.8. The normalized spacial score (nSPS) is 27.4. The Balaban J connectivity index is 2.29. The second kappa shape index (κ2) is 5.70. The molecule has 2 unspecified atom stereocenters. The van der Waals surface area contributed by atoms with Crippen molar-refractivity contribution in [3.63, 3.8) is 0 Å². The van der Waals surface area contributed by atoms with Gasteiger partial charge in [-0.25, -0.2) is 4.31 Å². The van der Waals surface area contributed by atoms with Crippen LogP contribution in [-0.4, -0.2) is 38.7 Å². The van der Waals surface area contributed by atoms with Crippen LogP contribution in [0.5, 0.6) is 0 Å². The maximum atomic E-state index is 10.7. The van der Waals surface area contributed by atoms with Crippen LogP contribution in [0.2, 0.25) is 0 Å². The molecule has 5 heteroatoms. The van der Waals surface area contributed by atoms with Crippen LogP contribution in [0, 0.1) is 0 Å². The molecular weight excluding hydrogens is 188 g/mol. The van der Waals surface area contributed by atoms with Crippen molar-refractivity contribution in [1.82, 2.24) is 9.62 Å². The zero-order valence-electron chi connectivity index (χ0n) is 7.99. The summed E-state index contributed by atoms with van der Waals surface area (Å²) >= 11 is -2.03. The van der Waals surface area contributed by atoms with E-state index < -0.39 is 11.3 Å². The predicted octanol–water partition coefficient (Wildman–Crippen LogP) is 0.244. The lowest BCUT2D eigenvalue weighted by atomic mass is 10.1. The Morgan fingerprint density at radius 3 is 3.08 bits per heavy atom. The second-order valence-electron chi connectivity index (χ2n) is 3.40. The third-order valence-corrected chi connectivity index (χ3v) is 3.09. The van der Waals surface area contributed by atoms with Gasteiger partial charge in [0.15, 0.2) is 0 Å². The summed E-state index contributed by atoms with van der Waals surface area (Å²) in [4.78, 5) is 0. The van der Waals surface area contributed by atoms with Crippen molar-refractivity contribution >= 4 is 11.3 Å². The van der Waals surface area contributed by atoms with Crippen LogP contribution < -0.4 is 5.32 Å². The number of rotatable bonds is 4. The van der Waals surface area contributed by atoms with E-state index in [1.807, 2.05) is 0 Å². The average Bonchev–Trinajstić information content (AvgIpc) is 2.15. The highest BCUT2D eigenvalue weighted by Crippen LogP contribution is 2.07. The fourth-order valence-corrected chi connectivity index (χ4v) is 2.12. The molecule has 0 spiro atoms. The molecular formula is C8H17N2O2S-. The maximum absolute atomic E-state index is 10.7. The fraction of sp³-hybridized carbons (Fsp3) is 1.00. The molecule has 1 fully saturated rings. The van der Waals surface area contributed by atoms with Gasteiger partial charge in [0, 0.05) is 36.9 Å². The largest absolute Gasteiger partial charge is 0.760 e. The van der Waals surface area contributed by atoms with Crippen molar-refractivity contribution in [3.8, 4) is 0 Å². The van der Waals surface area contributed by atoms with Gasteiger partial charge in [0.05, 0.1) is 0 Å². The van der Waals surface area contributed by atoms with E-state index in [4.69, 9.17) is 0 Å². The minimum absolute atomic E-state index is 0.353. The highest BCUT2D eigenvalue weighted by molar-refractivity contribution is 7.76. The van der Waals surface area contributed by atoms with E-state index >= 15 is 0 Å². The molecule has 0 aromatic heterocycles. The van der Waals surface area contributed by atoms with E-state index in [-0.39, 0.29) is 0 Å². The molecule has 0 radical (unpaired) electrons. The van der Waals surface area contributed by atoms with Crippen molar-refractivity contribution in [3.05, 3.63) is 0 Å². The molecule has 0 aliphatic carbocycles. The lowest BCUT2D eigenvalue weighted by Gasteiger charge is -2.34. The Hall–Kier alpha value is 0.0300. The topological polar surface area (TPSA) is 55.4 Å². The first-order valence-corrected chi connectivity index (χ1v) is 5.85. The molecule has 0 saturated carbocycles. The molecule has 0 aromatic carbocycles. The minimum Gasteiger partial charge on any atom is -0.760 e. The third kappa shape index (κ3) is 3.72. The van der Waals surface area contributed by atoms with Crippen molar-refractivity contribution in [2.75, 3.05) is 19.6 Å². The molecule has 0 amide bonds. The summed E-state index contributed by atoms with van der Waals surface area (Å²) in [5.74, 6) is 0. The van der Waals surface area contributed by atoms with E-state index in [0.29, 0.717) is 19.1 Å². The van der Waals surface area contributed by atoms with E-state index in [1.165, 1.54) is 10.7 Å². The molecule has 1 N–H and O–H groups in total. The van der Waals surface area contributed by atoms with Gasteiger partial charge >= 0.3 is 0 Å². The number of hydrogen-bond acceptors (Lipinski definition) is 3. The molecule has 1 saturated heterocycles. The number of hydrogen-bond donors (Lipinski definition) is 1. The van der Waals surface area contributed by atoms with Gasteiger partial charge in [-0.15, -0.1) is 0 Å². The van der Waals surface area contributed by atoms with E-state index in [2.05, 4.69) is 12.2 Å². The van der Waals surface area contributed by atoms with Gasteiger partial charge in [0.1, 0.15) is 0 Å². The summed E-state index contributed by atoms with van der Waals surface area (Å²) in [6, 6.07) is 0.353. The molecule has 1 aliphatic rings. The summed E-state index contributed by atoms with van der Waals surface area (Å²) in [5, 5.41) is 3.32. The van der Waals surface area contributed by atoms with Crippen molar-refractivity contribution in [2.24, 2.45) is 0 Å². The molecule has 1 rings (SSSR count). The summed E-state index contributed by atoms with van der Waals surface area (Å²) in [5.41, 5.74) is 0. The van der Waals surface area contributed by atoms with Crippen LogP contribution in [0.1, 0.15) is 26.2 Å². The van der Waals surface area contributed by atoms with Crippen molar-refractivity contribution in [2.45, 2.75) is 32.2 Å². The zero-order chi connectivity index (χ0) is 9.68. The number of unbranched alkanes of at least 4 members (excludes halogenated alkanes) is 1. The van der Waals surface area contributed by atoms with Gasteiger partial charge in [0.25, 0.3) is 0 Å². The van der Waals surface area contributed by atoms with Gasteiger partial charge in [-0.1, -0.05) is 19.8 Å². The lowest BCUT2D eigenvalue weighted by molar-refractivity contribution is 0.278.